The first kappa shape index (κ1) is 24.4. The predicted molar refractivity (Wildman–Crippen MR) is 188 cm³/mol. The molecule has 0 aliphatic heterocycles. The number of para-hydroxylation sites is 3. The second kappa shape index (κ2) is 9.22. The van der Waals surface area contributed by atoms with Gasteiger partial charge in [-0.25, -0.2) is 0 Å². The monoisotopic (exact) mass is 574 g/mol. The van der Waals surface area contributed by atoms with Crippen molar-refractivity contribution in [3.05, 3.63) is 158 Å². The Labute approximate surface area is 258 Å². The van der Waals surface area contributed by atoms with Crippen LogP contribution in [-0.4, -0.2) is 9.13 Å². The van der Waals surface area contributed by atoms with Gasteiger partial charge in [-0.1, -0.05) is 97.1 Å². The highest BCUT2D eigenvalue weighted by Gasteiger charge is 2.20. The molecule has 0 spiro atoms. The summed E-state index contributed by atoms with van der Waals surface area (Å²) in [5.74, 6) is 0. The van der Waals surface area contributed by atoms with Gasteiger partial charge in [0.25, 0.3) is 0 Å². The van der Waals surface area contributed by atoms with Gasteiger partial charge in [0.1, 0.15) is 11.2 Å². The highest BCUT2D eigenvalue weighted by atomic mass is 16.3. The van der Waals surface area contributed by atoms with Crippen LogP contribution in [0.15, 0.2) is 162 Å². The smallest absolute Gasteiger partial charge is 0.135 e. The molecule has 0 unspecified atom stereocenters. The number of hydrogen-bond donors (Lipinski definition) is 0. The summed E-state index contributed by atoms with van der Waals surface area (Å²) < 4.78 is 11.2. The van der Waals surface area contributed by atoms with E-state index in [1.54, 1.807) is 0 Å². The number of hydrogen-bond acceptors (Lipinski definition) is 1. The van der Waals surface area contributed by atoms with Crippen molar-refractivity contribution < 1.29 is 4.42 Å². The van der Waals surface area contributed by atoms with Crippen molar-refractivity contribution in [2.45, 2.75) is 0 Å². The molecule has 210 valence electrons. The molecule has 0 atom stereocenters. The van der Waals surface area contributed by atoms with Crippen LogP contribution in [-0.2, 0) is 0 Å². The van der Waals surface area contributed by atoms with E-state index in [0.717, 1.165) is 27.6 Å². The van der Waals surface area contributed by atoms with Gasteiger partial charge in [-0.15, -0.1) is 0 Å². The Balaban J connectivity index is 1.26. The Bertz CT molecular complexity index is 2710. The van der Waals surface area contributed by atoms with E-state index in [1.807, 2.05) is 0 Å². The Morgan fingerprint density at radius 3 is 1.67 bits per heavy atom. The van der Waals surface area contributed by atoms with Gasteiger partial charge < -0.3 is 13.6 Å². The van der Waals surface area contributed by atoms with E-state index in [2.05, 4.69) is 167 Å². The Hall–Kier alpha value is -6.06. The maximum atomic E-state index is 6.33. The number of fused-ring (bicyclic) bond motifs is 9. The molecule has 3 heteroatoms. The third-order valence-corrected chi connectivity index (χ3v) is 9.31. The summed E-state index contributed by atoms with van der Waals surface area (Å²) in [5, 5.41) is 7.24. The topological polar surface area (TPSA) is 23.0 Å². The maximum absolute atomic E-state index is 6.33. The van der Waals surface area contributed by atoms with Crippen molar-refractivity contribution in [2.75, 3.05) is 0 Å². The minimum absolute atomic E-state index is 0.894. The molecule has 3 aromatic heterocycles. The van der Waals surface area contributed by atoms with E-state index >= 15 is 0 Å². The zero-order chi connectivity index (χ0) is 29.5. The molecule has 0 N–H and O–H groups in total. The van der Waals surface area contributed by atoms with Crippen molar-refractivity contribution in [2.24, 2.45) is 0 Å². The van der Waals surface area contributed by atoms with Crippen LogP contribution in [0.4, 0.5) is 0 Å². The minimum Gasteiger partial charge on any atom is -0.456 e. The third kappa shape index (κ3) is 3.46. The third-order valence-electron chi connectivity index (χ3n) is 9.31. The Morgan fingerprint density at radius 1 is 0.356 bits per heavy atom. The fraction of sp³-hybridized carbons (Fsp3) is 0. The molecule has 0 saturated carbocycles. The standard InChI is InChI=1S/C42H26N2O/c1-2-11-27(12-3-1)28-21-23-40-33(25-28)34-26-29(22-24-41(34)45-40)43-37-18-9-6-15-32(37)42-38(43)19-10-20-39(42)44-35-16-7-4-13-30(35)31-14-5-8-17-36(31)44/h1-26H. The van der Waals surface area contributed by atoms with Crippen LogP contribution in [0, 0.1) is 0 Å². The van der Waals surface area contributed by atoms with E-state index in [-0.39, 0.29) is 0 Å². The molecule has 0 saturated heterocycles. The lowest BCUT2D eigenvalue weighted by atomic mass is 10.0. The summed E-state index contributed by atoms with van der Waals surface area (Å²) in [5.41, 5.74) is 11.2. The molecule has 0 aliphatic carbocycles. The first-order chi connectivity index (χ1) is 22.3. The molecule has 0 bridgehead atoms. The molecule has 10 rings (SSSR count). The largest absolute Gasteiger partial charge is 0.456 e. The lowest BCUT2D eigenvalue weighted by Crippen LogP contribution is -1.96. The van der Waals surface area contributed by atoms with Crippen LogP contribution in [0.2, 0.25) is 0 Å². The van der Waals surface area contributed by atoms with Gasteiger partial charge in [0.2, 0.25) is 0 Å². The number of benzene rings is 7. The van der Waals surface area contributed by atoms with Crippen LogP contribution in [0.1, 0.15) is 0 Å². The fourth-order valence-electron chi connectivity index (χ4n) is 7.36. The second-order valence-electron chi connectivity index (χ2n) is 11.8. The average Bonchev–Trinajstić information content (AvgIpc) is 3.76. The van der Waals surface area contributed by atoms with Crippen LogP contribution < -0.4 is 0 Å². The van der Waals surface area contributed by atoms with E-state index in [4.69, 9.17) is 4.42 Å². The van der Waals surface area contributed by atoms with Gasteiger partial charge in [-0.3, -0.25) is 0 Å². The Kier molecular flexibility index (Phi) is 5.00. The van der Waals surface area contributed by atoms with E-state index < -0.39 is 0 Å². The molecule has 0 amide bonds. The lowest BCUT2D eigenvalue weighted by Gasteiger charge is -2.11. The first-order valence-electron chi connectivity index (χ1n) is 15.4. The predicted octanol–water partition coefficient (Wildman–Crippen LogP) is 11.4. The molecular formula is C42H26N2O. The van der Waals surface area contributed by atoms with Crippen molar-refractivity contribution in [3.8, 4) is 22.5 Å². The summed E-state index contributed by atoms with van der Waals surface area (Å²) in [7, 11) is 0. The number of nitrogens with zero attached hydrogens (tertiary/aromatic N) is 2. The van der Waals surface area contributed by atoms with Crippen LogP contribution in [0.3, 0.4) is 0 Å². The lowest BCUT2D eigenvalue weighted by molar-refractivity contribution is 0.669. The average molecular weight is 575 g/mol. The molecule has 7 aromatic carbocycles. The zero-order valence-electron chi connectivity index (χ0n) is 24.3. The van der Waals surface area contributed by atoms with E-state index in [9.17, 15) is 0 Å². The van der Waals surface area contributed by atoms with E-state index in [1.165, 1.54) is 60.4 Å². The number of aromatic nitrogens is 2. The van der Waals surface area contributed by atoms with Crippen molar-refractivity contribution in [1.29, 1.82) is 0 Å². The minimum atomic E-state index is 0.894. The molecule has 10 aromatic rings. The Morgan fingerprint density at radius 2 is 0.933 bits per heavy atom. The molecule has 3 heterocycles. The normalized spacial score (nSPS) is 12.0. The summed E-state index contributed by atoms with van der Waals surface area (Å²) >= 11 is 0. The van der Waals surface area contributed by atoms with Crippen molar-refractivity contribution in [1.82, 2.24) is 9.13 Å². The molecule has 0 fully saturated rings. The molecule has 3 nitrogen and oxygen atoms in total. The summed E-state index contributed by atoms with van der Waals surface area (Å²) in [6, 6.07) is 56.5. The van der Waals surface area contributed by atoms with Gasteiger partial charge in [0.15, 0.2) is 0 Å². The second-order valence-corrected chi connectivity index (χ2v) is 11.8. The highest BCUT2D eigenvalue weighted by molar-refractivity contribution is 6.17. The number of rotatable bonds is 3. The van der Waals surface area contributed by atoms with Gasteiger partial charge in [0, 0.05) is 38.0 Å². The van der Waals surface area contributed by atoms with Crippen LogP contribution in [0.5, 0.6) is 0 Å². The zero-order valence-corrected chi connectivity index (χ0v) is 24.3. The van der Waals surface area contributed by atoms with Gasteiger partial charge in [0.05, 0.1) is 27.8 Å². The number of furan rings is 1. The summed E-state index contributed by atoms with van der Waals surface area (Å²) in [6.07, 6.45) is 0. The molecule has 0 radical (unpaired) electrons. The van der Waals surface area contributed by atoms with Gasteiger partial charge in [-0.05, 0) is 71.8 Å². The van der Waals surface area contributed by atoms with Crippen molar-refractivity contribution >= 4 is 65.6 Å². The molecular weight excluding hydrogens is 548 g/mol. The maximum Gasteiger partial charge on any atom is 0.135 e. The first-order valence-corrected chi connectivity index (χ1v) is 15.4. The van der Waals surface area contributed by atoms with E-state index in [0.29, 0.717) is 0 Å². The van der Waals surface area contributed by atoms with Crippen molar-refractivity contribution in [3.63, 3.8) is 0 Å². The summed E-state index contributed by atoms with van der Waals surface area (Å²) in [4.78, 5) is 0. The SMILES string of the molecule is c1ccc(-c2ccc3oc4ccc(-n5c6ccccc6c6c(-n7c8ccccc8c8ccccc87)cccc65)cc4c3c2)cc1. The van der Waals surface area contributed by atoms with Crippen LogP contribution >= 0.6 is 0 Å². The molecule has 45 heavy (non-hydrogen) atoms. The van der Waals surface area contributed by atoms with Gasteiger partial charge in [-0.2, -0.15) is 0 Å². The fourth-order valence-corrected chi connectivity index (χ4v) is 7.36. The highest BCUT2D eigenvalue weighted by Crippen LogP contribution is 2.41. The van der Waals surface area contributed by atoms with Crippen LogP contribution in [0.25, 0.3) is 88.1 Å². The van der Waals surface area contributed by atoms with Gasteiger partial charge >= 0.3 is 0 Å². The quantitative estimate of drug-likeness (QED) is 0.206. The molecule has 0 aliphatic rings. The summed E-state index contributed by atoms with van der Waals surface area (Å²) in [6.45, 7) is 0.